The van der Waals surface area contributed by atoms with Gasteiger partial charge in [-0.2, -0.15) is 0 Å². The van der Waals surface area contributed by atoms with Gasteiger partial charge in [-0.3, -0.25) is 9.59 Å². The average Bonchev–Trinajstić information content (AvgIpc) is 2.53. The number of anilines is 1. The topological polar surface area (TPSA) is 67.4 Å². The molecule has 2 rings (SSSR count). The van der Waals surface area contributed by atoms with Gasteiger partial charge in [0.1, 0.15) is 11.6 Å². The smallest absolute Gasteiger partial charge is 0.251 e. The molecular formula is C17H17FN2O3. The van der Waals surface area contributed by atoms with E-state index in [9.17, 15) is 14.0 Å². The third kappa shape index (κ3) is 4.54. The number of methoxy groups -OCH3 is 1. The van der Waals surface area contributed by atoms with Crippen LogP contribution in [-0.2, 0) is 4.79 Å². The quantitative estimate of drug-likeness (QED) is 0.890. The van der Waals surface area contributed by atoms with Crippen molar-refractivity contribution in [2.75, 3.05) is 19.0 Å². The molecule has 23 heavy (non-hydrogen) atoms. The average molecular weight is 316 g/mol. The van der Waals surface area contributed by atoms with Crippen molar-refractivity contribution in [3.8, 4) is 5.75 Å². The lowest BCUT2D eigenvalue weighted by Gasteiger charge is -2.11. The molecule has 0 fully saturated rings. The van der Waals surface area contributed by atoms with Crippen LogP contribution in [0.4, 0.5) is 10.1 Å². The largest absolute Gasteiger partial charge is 0.495 e. The van der Waals surface area contributed by atoms with Crippen molar-refractivity contribution in [3.63, 3.8) is 0 Å². The lowest BCUT2D eigenvalue weighted by atomic mass is 10.2. The maximum Gasteiger partial charge on any atom is 0.251 e. The van der Waals surface area contributed by atoms with Gasteiger partial charge < -0.3 is 15.4 Å². The molecule has 0 atom stereocenters. The van der Waals surface area contributed by atoms with E-state index in [4.69, 9.17) is 4.74 Å². The second-order valence-corrected chi connectivity index (χ2v) is 4.94. The second kappa shape index (κ2) is 7.40. The molecule has 0 unspecified atom stereocenters. The van der Waals surface area contributed by atoms with E-state index in [0.29, 0.717) is 11.4 Å². The minimum Gasteiger partial charge on any atom is -0.495 e. The second-order valence-electron chi connectivity index (χ2n) is 4.94. The van der Waals surface area contributed by atoms with Gasteiger partial charge in [0.15, 0.2) is 0 Å². The summed E-state index contributed by atoms with van der Waals surface area (Å²) in [5.74, 6) is -0.722. The Morgan fingerprint density at radius 3 is 2.48 bits per heavy atom. The summed E-state index contributed by atoms with van der Waals surface area (Å²) in [6.07, 6.45) is 0. The number of halogens is 1. The number of rotatable bonds is 5. The molecule has 2 N–H and O–H groups in total. The van der Waals surface area contributed by atoms with Crippen LogP contribution in [0, 0.1) is 12.7 Å². The molecule has 6 heteroatoms. The Labute approximate surface area is 133 Å². The summed E-state index contributed by atoms with van der Waals surface area (Å²) in [5.41, 5.74) is 1.79. The van der Waals surface area contributed by atoms with Crippen LogP contribution in [0.1, 0.15) is 15.9 Å². The van der Waals surface area contributed by atoms with Crippen molar-refractivity contribution in [2.24, 2.45) is 0 Å². The predicted octanol–water partition coefficient (Wildman–Crippen LogP) is 2.51. The lowest BCUT2D eigenvalue weighted by Crippen LogP contribution is -2.32. The number of hydrogen-bond donors (Lipinski definition) is 2. The van der Waals surface area contributed by atoms with Crippen molar-refractivity contribution in [1.29, 1.82) is 0 Å². The molecule has 0 aromatic heterocycles. The molecule has 2 aromatic rings. The molecule has 0 spiro atoms. The maximum absolute atomic E-state index is 12.8. The fourth-order valence-electron chi connectivity index (χ4n) is 1.98. The van der Waals surface area contributed by atoms with Crippen LogP contribution in [-0.4, -0.2) is 25.5 Å². The zero-order valence-corrected chi connectivity index (χ0v) is 12.9. The summed E-state index contributed by atoms with van der Waals surface area (Å²) < 4.78 is 18.0. The third-order valence-electron chi connectivity index (χ3n) is 3.14. The van der Waals surface area contributed by atoms with Gasteiger partial charge >= 0.3 is 0 Å². The van der Waals surface area contributed by atoms with Crippen molar-refractivity contribution < 1.29 is 18.7 Å². The molecule has 2 aromatic carbocycles. The summed E-state index contributed by atoms with van der Waals surface area (Å²) in [5, 5.41) is 5.16. The van der Waals surface area contributed by atoms with Crippen molar-refractivity contribution in [3.05, 3.63) is 59.4 Å². The first-order valence-electron chi connectivity index (χ1n) is 6.98. The summed E-state index contributed by atoms with van der Waals surface area (Å²) in [7, 11) is 1.51. The van der Waals surface area contributed by atoms with E-state index >= 15 is 0 Å². The molecule has 2 amide bonds. The van der Waals surface area contributed by atoms with Gasteiger partial charge in [-0.25, -0.2) is 4.39 Å². The third-order valence-corrected chi connectivity index (χ3v) is 3.14. The van der Waals surface area contributed by atoms with Gasteiger partial charge in [-0.05, 0) is 48.9 Å². The summed E-state index contributed by atoms with van der Waals surface area (Å²) in [4.78, 5) is 23.8. The molecule has 0 heterocycles. The predicted molar refractivity (Wildman–Crippen MR) is 85.1 cm³/mol. The highest BCUT2D eigenvalue weighted by atomic mass is 19.1. The zero-order valence-electron chi connectivity index (χ0n) is 12.9. The van der Waals surface area contributed by atoms with Crippen LogP contribution < -0.4 is 15.4 Å². The number of carbonyl (C=O) groups excluding carboxylic acids is 2. The Balaban J connectivity index is 1.94. The molecule has 0 aliphatic rings. The minimum absolute atomic E-state index is 0.201. The van der Waals surface area contributed by atoms with E-state index < -0.39 is 11.7 Å². The van der Waals surface area contributed by atoms with Crippen LogP contribution in [0.15, 0.2) is 42.5 Å². The lowest BCUT2D eigenvalue weighted by molar-refractivity contribution is -0.115. The van der Waals surface area contributed by atoms with Crippen LogP contribution in [0.5, 0.6) is 5.75 Å². The molecule has 0 aliphatic carbocycles. The van der Waals surface area contributed by atoms with E-state index in [-0.39, 0.29) is 18.0 Å². The fraction of sp³-hybridized carbons (Fsp3) is 0.176. The first kappa shape index (κ1) is 16.5. The first-order valence-corrected chi connectivity index (χ1v) is 6.98. The van der Waals surface area contributed by atoms with Crippen LogP contribution in [0.25, 0.3) is 0 Å². The Morgan fingerprint density at radius 1 is 1.13 bits per heavy atom. The number of benzene rings is 2. The number of aryl methyl sites for hydroxylation is 1. The molecule has 0 bridgehead atoms. The highest BCUT2D eigenvalue weighted by molar-refractivity contribution is 5.99. The molecule has 0 saturated carbocycles. The minimum atomic E-state index is -0.448. The summed E-state index contributed by atoms with van der Waals surface area (Å²) in [6.45, 7) is 1.69. The van der Waals surface area contributed by atoms with Gasteiger partial charge in [0.2, 0.25) is 5.91 Å². The zero-order chi connectivity index (χ0) is 16.8. The number of hydrogen-bond acceptors (Lipinski definition) is 3. The SMILES string of the molecule is COc1ccc(C)cc1NC(=O)CNC(=O)c1ccc(F)cc1. The monoisotopic (exact) mass is 316 g/mol. The van der Waals surface area contributed by atoms with Crippen LogP contribution in [0.2, 0.25) is 0 Å². The Bertz CT molecular complexity index is 714. The Kier molecular flexibility index (Phi) is 5.30. The molecular weight excluding hydrogens is 299 g/mol. The van der Waals surface area contributed by atoms with Gasteiger partial charge in [0.25, 0.3) is 5.91 Å². The van der Waals surface area contributed by atoms with Crippen molar-refractivity contribution >= 4 is 17.5 Å². The van der Waals surface area contributed by atoms with E-state index in [2.05, 4.69) is 10.6 Å². The van der Waals surface area contributed by atoms with Crippen molar-refractivity contribution in [2.45, 2.75) is 6.92 Å². The molecule has 5 nitrogen and oxygen atoms in total. The van der Waals surface area contributed by atoms with E-state index in [0.717, 1.165) is 5.56 Å². The van der Waals surface area contributed by atoms with E-state index in [1.165, 1.54) is 31.4 Å². The number of nitrogens with one attached hydrogen (secondary N) is 2. The summed E-state index contributed by atoms with van der Waals surface area (Å²) in [6, 6.07) is 10.5. The van der Waals surface area contributed by atoms with Gasteiger partial charge in [-0.1, -0.05) is 6.07 Å². The highest BCUT2D eigenvalue weighted by Gasteiger charge is 2.10. The van der Waals surface area contributed by atoms with E-state index in [1.54, 1.807) is 12.1 Å². The van der Waals surface area contributed by atoms with Crippen LogP contribution in [0.3, 0.4) is 0 Å². The number of amides is 2. The molecule has 0 radical (unpaired) electrons. The van der Waals surface area contributed by atoms with Gasteiger partial charge in [-0.15, -0.1) is 0 Å². The Morgan fingerprint density at radius 2 is 1.83 bits per heavy atom. The molecule has 120 valence electrons. The number of ether oxygens (including phenoxy) is 1. The number of carbonyl (C=O) groups is 2. The maximum atomic E-state index is 12.8. The Hall–Kier alpha value is -2.89. The standard InChI is InChI=1S/C17H17FN2O3/c1-11-3-8-15(23-2)14(9-11)20-16(21)10-19-17(22)12-4-6-13(18)7-5-12/h3-9H,10H2,1-2H3,(H,19,22)(H,20,21). The summed E-state index contributed by atoms with van der Waals surface area (Å²) >= 11 is 0. The van der Waals surface area contributed by atoms with Crippen LogP contribution >= 0.6 is 0 Å². The van der Waals surface area contributed by atoms with E-state index in [1.807, 2.05) is 13.0 Å². The fourth-order valence-corrected chi connectivity index (χ4v) is 1.98. The first-order chi connectivity index (χ1) is 11.0. The van der Waals surface area contributed by atoms with Gasteiger partial charge in [0, 0.05) is 5.56 Å². The van der Waals surface area contributed by atoms with Crippen molar-refractivity contribution in [1.82, 2.24) is 5.32 Å². The normalized spacial score (nSPS) is 10.0. The van der Waals surface area contributed by atoms with Gasteiger partial charge in [0.05, 0.1) is 19.3 Å². The molecule has 0 aliphatic heterocycles. The highest BCUT2D eigenvalue weighted by Crippen LogP contribution is 2.24. The molecule has 0 saturated heterocycles.